The third-order valence-corrected chi connectivity index (χ3v) is 4.97. The topological polar surface area (TPSA) is 46.1 Å². The maximum absolute atomic E-state index is 12.5. The van der Waals surface area contributed by atoms with E-state index in [4.69, 9.17) is 0 Å². The Kier molecular flexibility index (Phi) is 3.30. The summed E-state index contributed by atoms with van der Waals surface area (Å²) in [5, 5.41) is 1.03. The van der Waals surface area contributed by atoms with Crippen LogP contribution < -0.4 is 0 Å². The van der Waals surface area contributed by atoms with E-state index in [-0.39, 0.29) is 11.9 Å². The molecule has 1 aliphatic rings. The fourth-order valence-corrected chi connectivity index (χ4v) is 3.69. The number of carbonyl (C=O) groups is 1. The SMILES string of the molecule is CC[C@@H](c1nc(C)c(C)s1)N1Cc2ncccc2C1=O. The van der Waals surface area contributed by atoms with Gasteiger partial charge >= 0.3 is 0 Å². The molecule has 20 heavy (non-hydrogen) atoms. The van der Waals surface area contributed by atoms with Gasteiger partial charge in [-0.1, -0.05) is 6.92 Å². The molecule has 5 heteroatoms. The third-order valence-electron chi connectivity index (χ3n) is 3.79. The lowest BCUT2D eigenvalue weighted by Gasteiger charge is -2.24. The lowest BCUT2D eigenvalue weighted by atomic mass is 10.2. The van der Waals surface area contributed by atoms with E-state index in [0.29, 0.717) is 6.54 Å². The van der Waals surface area contributed by atoms with E-state index in [2.05, 4.69) is 23.8 Å². The van der Waals surface area contributed by atoms with Gasteiger partial charge in [0, 0.05) is 11.1 Å². The summed E-state index contributed by atoms with van der Waals surface area (Å²) in [6.07, 6.45) is 2.61. The van der Waals surface area contributed by atoms with Crippen LogP contribution in [0, 0.1) is 13.8 Å². The summed E-state index contributed by atoms with van der Waals surface area (Å²) in [5.74, 6) is 0.0745. The van der Waals surface area contributed by atoms with Crippen molar-refractivity contribution in [2.75, 3.05) is 0 Å². The standard InChI is InChI=1S/C15H17N3OS/c1-4-13(14-17-9(2)10(3)20-14)18-8-12-11(15(18)19)6-5-7-16-12/h5-7,13H,4,8H2,1-3H3/t13-/m0/s1. The zero-order chi connectivity index (χ0) is 14.3. The van der Waals surface area contributed by atoms with Gasteiger partial charge in [0.05, 0.1) is 29.5 Å². The van der Waals surface area contributed by atoms with Crippen LogP contribution in [0.1, 0.15) is 51.0 Å². The summed E-state index contributed by atoms with van der Waals surface area (Å²) in [4.78, 5) is 24.6. The summed E-state index contributed by atoms with van der Waals surface area (Å²) >= 11 is 1.69. The molecule has 2 aromatic heterocycles. The van der Waals surface area contributed by atoms with Crippen molar-refractivity contribution in [3.05, 3.63) is 45.2 Å². The van der Waals surface area contributed by atoms with Gasteiger partial charge in [0.25, 0.3) is 5.91 Å². The van der Waals surface area contributed by atoms with Crippen LogP contribution >= 0.6 is 11.3 Å². The van der Waals surface area contributed by atoms with Crippen LogP contribution in [0.2, 0.25) is 0 Å². The van der Waals surface area contributed by atoms with Gasteiger partial charge < -0.3 is 4.90 Å². The van der Waals surface area contributed by atoms with Crippen molar-refractivity contribution in [3.63, 3.8) is 0 Å². The second-order valence-corrected chi connectivity index (χ2v) is 6.28. The van der Waals surface area contributed by atoms with E-state index < -0.39 is 0 Å². The van der Waals surface area contributed by atoms with Crippen molar-refractivity contribution in [2.24, 2.45) is 0 Å². The van der Waals surface area contributed by atoms with E-state index in [0.717, 1.165) is 28.4 Å². The molecule has 0 spiro atoms. The lowest BCUT2D eigenvalue weighted by Crippen LogP contribution is -2.28. The summed E-state index contributed by atoms with van der Waals surface area (Å²) < 4.78 is 0. The molecule has 1 amide bonds. The molecular formula is C15H17N3OS. The Morgan fingerprint density at radius 3 is 2.85 bits per heavy atom. The monoisotopic (exact) mass is 287 g/mol. The number of fused-ring (bicyclic) bond motifs is 1. The summed E-state index contributed by atoms with van der Waals surface area (Å²) in [7, 11) is 0. The van der Waals surface area contributed by atoms with E-state index in [1.54, 1.807) is 17.5 Å². The molecule has 0 N–H and O–H groups in total. The first kappa shape index (κ1) is 13.2. The Bertz CT molecular complexity index is 645. The average Bonchev–Trinajstić information content (AvgIpc) is 2.94. The molecule has 104 valence electrons. The Balaban J connectivity index is 1.94. The van der Waals surface area contributed by atoms with Crippen molar-refractivity contribution < 1.29 is 4.79 Å². The zero-order valence-corrected chi connectivity index (χ0v) is 12.7. The van der Waals surface area contributed by atoms with Crippen LogP contribution in [-0.2, 0) is 6.54 Å². The predicted molar refractivity (Wildman–Crippen MR) is 78.7 cm³/mol. The number of amides is 1. The average molecular weight is 287 g/mol. The maximum atomic E-state index is 12.5. The number of carbonyl (C=O) groups excluding carboxylic acids is 1. The van der Waals surface area contributed by atoms with Crippen LogP contribution in [0.3, 0.4) is 0 Å². The molecule has 0 unspecified atom stereocenters. The number of hydrogen-bond acceptors (Lipinski definition) is 4. The van der Waals surface area contributed by atoms with Gasteiger partial charge in [-0.3, -0.25) is 9.78 Å². The minimum atomic E-state index is 0.0501. The molecule has 1 aliphatic heterocycles. The number of aromatic nitrogens is 2. The molecule has 0 saturated carbocycles. The van der Waals surface area contributed by atoms with Gasteiger partial charge in [-0.25, -0.2) is 4.98 Å². The quantitative estimate of drug-likeness (QED) is 0.870. The molecule has 0 bridgehead atoms. The summed E-state index contributed by atoms with van der Waals surface area (Å²) in [6.45, 7) is 6.78. The number of rotatable bonds is 3. The van der Waals surface area contributed by atoms with E-state index in [1.165, 1.54) is 4.88 Å². The third kappa shape index (κ3) is 2.02. The van der Waals surface area contributed by atoms with Crippen LogP contribution in [0.15, 0.2) is 18.3 Å². The molecule has 0 saturated heterocycles. The van der Waals surface area contributed by atoms with Crippen molar-refractivity contribution >= 4 is 17.2 Å². The molecule has 4 nitrogen and oxygen atoms in total. The number of nitrogens with zero attached hydrogens (tertiary/aromatic N) is 3. The van der Waals surface area contributed by atoms with Crippen LogP contribution in [-0.4, -0.2) is 20.8 Å². The zero-order valence-electron chi connectivity index (χ0n) is 11.9. The Morgan fingerprint density at radius 2 is 2.25 bits per heavy atom. The highest BCUT2D eigenvalue weighted by Gasteiger charge is 2.34. The molecule has 0 aliphatic carbocycles. The second kappa shape index (κ2) is 4.98. The van der Waals surface area contributed by atoms with E-state index in [9.17, 15) is 4.79 Å². The number of pyridine rings is 1. The molecule has 2 aromatic rings. The van der Waals surface area contributed by atoms with Gasteiger partial charge in [-0.05, 0) is 32.4 Å². The van der Waals surface area contributed by atoms with Crippen molar-refractivity contribution in [3.8, 4) is 0 Å². The van der Waals surface area contributed by atoms with E-state index in [1.807, 2.05) is 24.0 Å². The van der Waals surface area contributed by atoms with Crippen molar-refractivity contribution in [2.45, 2.75) is 39.8 Å². The second-order valence-electron chi connectivity index (χ2n) is 5.05. The van der Waals surface area contributed by atoms with Crippen LogP contribution in [0.5, 0.6) is 0 Å². The Labute approximate surface area is 122 Å². The van der Waals surface area contributed by atoms with Gasteiger partial charge in [0.15, 0.2) is 0 Å². The molecule has 0 aromatic carbocycles. The molecule has 1 atom stereocenters. The fourth-order valence-electron chi connectivity index (χ4n) is 2.57. The van der Waals surface area contributed by atoms with Crippen LogP contribution in [0.4, 0.5) is 0 Å². The first-order chi connectivity index (χ1) is 9.61. The van der Waals surface area contributed by atoms with Crippen molar-refractivity contribution in [1.29, 1.82) is 0 Å². The first-order valence-electron chi connectivity index (χ1n) is 6.80. The predicted octanol–water partition coefficient (Wildman–Crippen LogP) is 3.26. The smallest absolute Gasteiger partial charge is 0.256 e. The number of aryl methyl sites for hydroxylation is 2. The summed E-state index contributed by atoms with van der Waals surface area (Å²) in [6, 6.07) is 3.73. The highest BCUT2D eigenvalue weighted by atomic mass is 32.1. The van der Waals surface area contributed by atoms with Crippen molar-refractivity contribution in [1.82, 2.24) is 14.9 Å². The molecule has 0 fully saturated rings. The normalized spacial score (nSPS) is 15.6. The molecule has 3 heterocycles. The number of thiazole rings is 1. The number of hydrogen-bond donors (Lipinski definition) is 0. The molecule has 0 radical (unpaired) electrons. The first-order valence-corrected chi connectivity index (χ1v) is 7.62. The fraction of sp³-hybridized carbons (Fsp3) is 0.400. The molecule has 3 rings (SSSR count). The highest BCUT2D eigenvalue weighted by molar-refractivity contribution is 7.11. The van der Waals surface area contributed by atoms with Gasteiger partial charge in [-0.15, -0.1) is 11.3 Å². The summed E-state index contributed by atoms with van der Waals surface area (Å²) in [5.41, 5.74) is 2.67. The minimum Gasteiger partial charge on any atom is -0.323 e. The van der Waals surface area contributed by atoms with E-state index >= 15 is 0 Å². The van der Waals surface area contributed by atoms with Gasteiger partial charge in [0.2, 0.25) is 0 Å². The van der Waals surface area contributed by atoms with Crippen LogP contribution in [0.25, 0.3) is 0 Å². The highest BCUT2D eigenvalue weighted by Crippen LogP contribution is 2.34. The molecular weight excluding hydrogens is 270 g/mol. The Morgan fingerprint density at radius 1 is 1.45 bits per heavy atom. The Hall–Kier alpha value is -1.75. The van der Waals surface area contributed by atoms with Gasteiger partial charge in [0.1, 0.15) is 5.01 Å². The lowest BCUT2D eigenvalue weighted by molar-refractivity contribution is 0.0695. The maximum Gasteiger partial charge on any atom is 0.256 e. The minimum absolute atomic E-state index is 0.0501. The largest absolute Gasteiger partial charge is 0.323 e. The van der Waals surface area contributed by atoms with Gasteiger partial charge in [-0.2, -0.15) is 0 Å².